The van der Waals surface area contributed by atoms with Crippen molar-refractivity contribution in [2.24, 2.45) is 5.73 Å². The van der Waals surface area contributed by atoms with E-state index in [1.165, 1.54) is 11.1 Å². The summed E-state index contributed by atoms with van der Waals surface area (Å²) in [4.78, 5) is 0. The van der Waals surface area contributed by atoms with Gasteiger partial charge in [0.05, 0.1) is 0 Å². The van der Waals surface area contributed by atoms with Gasteiger partial charge >= 0.3 is 0 Å². The lowest BCUT2D eigenvalue weighted by Gasteiger charge is -2.11. The zero-order chi connectivity index (χ0) is 9.84. The van der Waals surface area contributed by atoms with Crippen LogP contribution in [0.4, 0.5) is 0 Å². The fraction of sp³-hybridized carbons (Fsp3) is 0.455. The third kappa shape index (κ3) is 2.82. The zero-order valence-electron chi connectivity index (χ0n) is 8.18. The summed E-state index contributed by atoms with van der Waals surface area (Å²) in [5.74, 6) is 0. The highest BCUT2D eigenvalue weighted by Gasteiger charge is 2.05. The lowest BCUT2D eigenvalue weighted by Crippen LogP contribution is -2.09. The first-order valence-corrected chi connectivity index (χ1v) is 5.46. The summed E-state index contributed by atoms with van der Waals surface area (Å²) in [5.41, 5.74) is 8.50. The molecule has 0 bridgehead atoms. The maximum absolute atomic E-state index is 6.01. The highest BCUT2D eigenvalue weighted by Crippen LogP contribution is 2.22. The molecule has 1 aromatic carbocycles. The lowest BCUT2D eigenvalue weighted by atomic mass is 10.0. The van der Waals surface area contributed by atoms with Crippen molar-refractivity contribution in [2.75, 3.05) is 0 Å². The summed E-state index contributed by atoms with van der Waals surface area (Å²) >= 11 is 3.48. The number of halogens is 1. The Morgan fingerprint density at radius 1 is 1.46 bits per heavy atom. The molecule has 0 aliphatic rings. The molecule has 0 aliphatic heterocycles. The van der Waals surface area contributed by atoms with Gasteiger partial charge in [-0.2, -0.15) is 0 Å². The van der Waals surface area contributed by atoms with Crippen LogP contribution < -0.4 is 5.73 Å². The first-order valence-electron chi connectivity index (χ1n) is 4.66. The van der Waals surface area contributed by atoms with Crippen molar-refractivity contribution in [3.8, 4) is 0 Å². The summed E-state index contributed by atoms with van der Waals surface area (Å²) in [6.45, 7) is 4.25. The fourth-order valence-electron chi connectivity index (χ4n) is 1.38. The predicted octanol–water partition coefficient (Wildman–Crippen LogP) is 3.56. The number of aryl methyl sites for hydroxylation is 1. The Morgan fingerprint density at radius 2 is 2.15 bits per heavy atom. The maximum Gasteiger partial charge on any atom is 0.0294 e. The molecule has 1 rings (SSSR count). The molecule has 72 valence electrons. The van der Waals surface area contributed by atoms with Crippen LogP contribution in [-0.4, -0.2) is 0 Å². The Balaban J connectivity index is 2.84. The van der Waals surface area contributed by atoms with E-state index in [2.05, 4.69) is 48.0 Å². The van der Waals surface area contributed by atoms with Gasteiger partial charge in [-0.25, -0.2) is 0 Å². The fourth-order valence-corrected chi connectivity index (χ4v) is 1.62. The molecule has 0 fully saturated rings. The number of nitrogens with two attached hydrogens (primary N) is 1. The second-order valence-electron chi connectivity index (χ2n) is 3.40. The van der Waals surface area contributed by atoms with Gasteiger partial charge in [0.15, 0.2) is 0 Å². The summed E-state index contributed by atoms with van der Waals surface area (Å²) in [6, 6.07) is 6.51. The van der Waals surface area contributed by atoms with Crippen LogP contribution in [0.25, 0.3) is 0 Å². The third-order valence-electron chi connectivity index (χ3n) is 2.21. The molecule has 0 saturated heterocycles. The van der Waals surface area contributed by atoms with Crippen LogP contribution in [0, 0.1) is 6.92 Å². The molecule has 1 nitrogen and oxygen atoms in total. The standard InChI is InChI=1S/C11H16BrN/c1-3-4-11(13)9-5-6-10(12)8(2)7-9/h5-7,11H,3-4,13H2,1-2H3/t11-/m1/s1. The Hall–Kier alpha value is -0.340. The minimum atomic E-state index is 0.191. The third-order valence-corrected chi connectivity index (χ3v) is 3.10. The van der Waals surface area contributed by atoms with Crippen molar-refractivity contribution in [1.82, 2.24) is 0 Å². The molecule has 2 N–H and O–H groups in total. The smallest absolute Gasteiger partial charge is 0.0294 e. The largest absolute Gasteiger partial charge is 0.324 e. The van der Waals surface area contributed by atoms with Crippen molar-refractivity contribution < 1.29 is 0 Å². The Morgan fingerprint density at radius 3 is 2.69 bits per heavy atom. The molecule has 1 atom stereocenters. The summed E-state index contributed by atoms with van der Waals surface area (Å²) in [6.07, 6.45) is 2.19. The van der Waals surface area contributed by atoms with Crippen LogP contribution in [0.1, 0.15) is 36.9 Å². The van der Waals surface area contributed by atoms with E-state index in [1.807, 2.05) is 0 Å². The van der Waals surface area contributed by atoms with Gasteiger partial charge in [-0.05, 0) is 30.5 Å². The van der Waals surface area contributed by atoms with Crippen molar-refractivity contribution in [3.63, 3.8) is 0 Å². The van der Waals surface area contributed by atoms with Crippen LogP contribution in [0.3, 0.4) is 0 Å². The molecule has 0 saturated carbocycles. The van der Waals surface area contributed by atoms with E-state index >= 15 is 0 Å². The Kier molecular flexibility index (Phi) is 3.94. The molecule has 0 aromatic heterocycles. The quantitative estimate of drug-likeness (QED) is 0.861. The van der Waals surface area contributed by atoms with Crippen molar-refractivity contribution in [2.45, 2.75) is 32.7 Å². The molecule has 0 radical (unpaired) electrons. The Bertz CT molecular complexity index is 283. The molecule has 13 heavy (non-hydrogen) atoms. The topological polar surface area (TPSA) is 26.0 Å². The second kappa shape index (κ2) is 4.77. The minimum Gasteiger partial charge on any atom is -0.324 e. The molecule has 2 heteroatoms. The molecular weight excluding hydrogens is 226 g/mol. The van der Waals surface area contributed by atoms with Crippen LogP contribution in [-0.2, 0) is 0 Å². The second-order valence-corrected chi connectivity index (χ2v) is 4.26. The van der Waals surface area contributed by atoms with Gasteiger partial charge in [0.1, 0.15) is 0 Å². The molecule has 0 unspecified atom stereocenters. The Labute approximate surface area is 88.5 Å². The van der Waals surface area contributed by atoms with Gasteiger partial charge in [-0.1, -0.05) is 41.4 Å². The number of hydrogen-bond donors (Lipinski definition) is 1. The molecule has 0 spiro atoms. The van der Waals surface area contributed by atoms with E-state index in [0.717, 1.165) is 17.3 Å². The first kappa shape index (κ1) is 10.7. The van der Waals surface area contributed by atoms with Gasteiger partial charge in [-0.15, -0.1) is 0 Å². The van der Waals surface area contributed by atoms with Gasteiger partial charge in [0.25, 0.3) is 0 Å². The monoisotopic (exact) mass is 241 g/mol. The summed E-state index contributed by atoms with van der Waals surface area (Å²) < 4.78 is 1.15. The number of benzene rings is 1. The van der Waals surface area contributed by atoms with Gasteiger partial charge in [-0.3, -0.25) is 0 Å². The van der Waals surface area contributed by atoms with Gasteiger partial charge in [0.2, 0.25) is 0 Å². The highest BCUT2D eigenvalue weighted by molar-refractivity contribution is 9.10. The van der Waals surface area contributed by atoms with Crippen LogP contribution in [0.2, 0.25) is 0 Å². The lowest BCUT2D eigenvalue weighted by molar-refractivity contribution is 0.638. The van der Waals surface area contributed by atoms with Gasteiger partial charge in [0, 0.05) is 10.5 Å². The predicted molar refractivity (Wildman–Crippen MR) is 60.7 cm³/mol. The first-order chi connectivity index (χ1) is 6.15. The molecule has 0 amide bonds. The van der Waals surface area contributed by atoms with E-state index in [-0.39, 0.29) is 6.04 Å². The van der Waals surface area contributed by atoms with Crippen LogP contribution >= 0.6 is 15.9 Å². The van der Waals surface area contributed by atoms with Crippen molar-refractivity contribution in [3.05, 3.63) is 33.8 Å². The van der Waals surface area contributed by atoms with Crippen LogP contribution in [0.5, 0.6) is 0 Å². The SMILES string of the molecule is CCC[C@@H](N)c1ccc(Br)c(C)c1. The van der Waals surface area contributed by atoms with Crippen molar-refractivity contribution in [1.29, 1.82) is 0 Å². The van der Waals surface area contributed by atoms with Gasteiger partial charge < -0.3 is 5.73 Å². The zero-order valence-corrected chi connectivity index (χ0v) is 9.76. The van der Waals surface area contributed by atoms with E-state index < -0.39 is 0 Å². The average Bonchev–Trinajstić information content (AvgIpc) is 2.10. The van der Waals surface area contributed by atoms with Crippen molar-refractivity contribution >= 4 is 15.9 Å². The van der Waals surface area contributed by atoms with Crippen LogP contribution in [0.15, 0.2) is 22.7 Å². The number of hydrogen-bond acceptors (Lipinski definition) is 1. The molecular formula is C11H16BrN. The molecule has 0 heterocycles. The van der Waals surface area contributed by atoms with E-state index in [1.54, 1.807) is 0 Å². The molecule has 0 aliphatic carbocycles. The number of rotatable bonds is 3. The van der Waals surface area contributed by atoms with E-state index in [4.69, 9.17) is 5.73 Å². The van der Waals surface area contributed by atoms with E-state index in [0.29, 0.717) is 0 Å². The molecule has 1 aromatic rings. The maximum atomic E-state index is 6.01. The highest BCUT2D eigenvalue weighted by atomic mass is 79.9. The minimum absolute atomic E-state index is 0.191. The normalized spacial score (nSPS) is 12.9. The summed E-state index contributed by atoms with van der Waals surface area (Å²) in [7, 11) is 0. The average molecular weight is 242 g/mol. The van der Waals surface area contributed by atoms with E-state index in [9.17, 15) is 0 Å². The summed E-state index contributed by atoms with van der Waals surface area (Å²) in [5, 5.41) is 0.